The number of carbonyl (C=O) groups excluding carboxylic acids is 1. The lowest BCUT2D eigenvalue weighted by molar-refractivity contribution is 0.0958. The van der Waals surface area contributed by atoms with E-state index in [2.05, 4.69) is 11.2 Å². The molecule has 0 unspecified atom stereocenters. The Labute approximate surface area is 153 Å². The zero-order valence-corrected chi connectivity index (χ0v) is 15.4. The maximum atomic E-state index is 13.0. The third kappa shape index (κ3) is 4.42. The largest absolute Gasteiger partial charge is 0.495 e. The van der Waals surface area contributed by atoms with Crippen molar-refractivity contribution < 1.29 is 17.9 Å². The number of methoxy groups -OCH3 is 1. The topological polar surface area (TPSA) is 75.7 Å². The number of amides is 1. The number of hydrogen-bond donors (Lipinski definition) is 1. The Balaban J connectivity index is 2.37. The smallest absolute Gasteiger partial charge is 0.252 e. The van der Waals surface area contributed by atoms with Crippen molar-refractivity contribution in [3.63, 3.8) is 0 Å². The molecule has 0 saturated heterocycles. The van der Waals surface area contributed by atoms with E-state index >= 15 is 0 Å². The van der Waals surface area contributed by atoms with Gasteiger partial charge in [-0.3, -0.25) is 4.79 Å². The van der Waals surface area contributed by atoms with Crippen LogP contribution in [0.25, 0.3) is 0 Å². The van der Waals surface area contributed by atoms with Crippen LogP contribution in [0.5, 0.6) is 5.75 Å². The number of rotatable bonds is 7. The monoisotopic (exact) mass is 372 g/mol. The molecule has 0 radical (unpaired) electrons. The lowest BCUT2D eigenvalue weighted by Gasteiger charge is -2.19. The number of sulfonamides is 1. The van der Waals surface area contributed by atoms with Crippen LogP contribution in [-0.4, -0.2) is 39.3 Å². The fourth-order valence-electron chi connectivity index (χ4n) is 2.35. The Hall–Kier alpha value is -2.82. The van der Waals surface area contributed by atoms with E-state index in [-0.39, 0.29) is 29.3 Å². The third-order valence-electron chi connectivity index (χ3n) is 3.71. The molecule has 1 N–H and O–H groups in total. The summed E-state index contributed by atoms with van der Waals surface area (Å²) in [5, 5.41) is 2.51. The zero-order chi connectivity index (χ0) is 19.2. The van der Waals surface area contributed by atoms with Crippen molar-refractivity contribution in [3.05, 3.63) is 59.7 Å². The number of nitrogens with one attached hydrogen (secondary N) is 1. The summed E-state index contributed by atoms with van der Waals surface area (Å²) < 4.78 is 32.4. The van der Waals surface area contributed by atoms with E-state index in [9.17, 15) is 13.2 Å². The van der Waals surface area contributed by atoms with Crippen molar-refractivity contribution in [1.29, 1.82) is 0 Å². The molecule has 0 aromatic heterocycles. The normalized spacial score (nSPS) is 11.0. The molecule has 2 rings (SSSR count). The minimum absolute atomic E-state index is 0.0564. The van der Waals surface area contributed by atoms with Gasteiger partial charge in [0.15, 0.2) is 0 Å². The summed E-state index contributed by atoms with van der Waals surface area (Å²) in [6, 6.07) is 13.5. The average Bonchev–Trinajstić information content (AvgIpc) is 2.66. The van der Waals surface area contributed by atoms with Crippen LogP contribution in [0.1, 0.15) is 15.9 Å². The van der Waals surface area contributed by atoms with E-state index in [1.54, 1.807) is 0 Å². The Morgan fingerprint density at radius 2 is 1.92 bits per heavy atom. The highest BCUT2D eigenvalue weighted by Gasteiger charge is 2.26. The summed E-state index contributed by atoms with van der Waals surface area (Å²) in [4.78, 5) is 12.0. The summed E-state index contributed by atoms with van der Waals surface area (Å²) in [6.45, 7) is 0.251. The molecule has 7 heteroatoms. The Kier molecular flexibility index (Phi) is 6.39. The predicted molar refractivity (Wildman–Crippen MR) is 99.3 cm³/mol. The summed E-state index contributed by atoms with van der Waals surface area (Å²) >= 11 is 0. The Bertz CT molecular complexity index is 918. The second-order valence-electron chi connectivity index (χ2n) is 5.50. The molecule has 2 aromatic rings. The number of ether oxygens (including phenoxy) is 1. The molecule has 136 valence electrons. The fourth-order valence-corrected chi connectivity index (χ4v) is 3.68. The Morgan fingerprint density at radius 1 is 1.23 bits per heavy atom. The van der Waals surface area contributed by atoms with Gasteiger partial charge in [-0.05, 0) is 23.8 Å². The first-order chi connectivity index (χ1) is 12.4. The van der Waals surface area contributed by atoms with E-state index < -0.39 is 15.9 Å². The first-order valence-corrected chi connectivity index (χ1v) is 9.24. The summed E-state index contributed by atoms with van der Waals surface area (Å²) in [5.74, 6) is 2.01. The van der Waals surface area contributed by atoms with Crippen molar-refractivity contribution in [2.75, 3.05) is 20.7 Å². The number of terminal acetylenes is 1. The van der Waals surface area contributed by atoms with E-state index in [1.807, 2.05) is 30.3 Å². The van der Waals surface area contributed by atoms with Crippen LogP contribution in [0.4, 0.5) is 0 Å². The molecule has 0 fully saturated rings. The molecule has 1 amide bonds. The fraction of sp³-hybridized carbons (Fsp3) is 0.211. The molecule has 0 aliphatic carbocycles. The van der Waals surface area contributed by atoms with Gasteiger partial charge >= 0.3 is 0 Å². The standard InChI is InChI=1S/C19H20N2O4S/c1-4-12-20-19(22)16-10-11-17(25-3)18(13-16)26(23,24)21(2)14-15-8-6-5-7-9-15/h1,5-11,13H,12,14H2,2-3H3,(H,20,22). The van der Waals surface area contributed by atoms with Gasteiger partial charge in [0.25, 0.3) is 5.91 Å². The summed E-state index contributed by atoms with van der Waals surface area (Å²) in [7, 11) is -1.01. The van der Waals surface area contributed by atoms with Crippen molar-refractivity contribution >= 4 is 15.9 Å². The van der Waals surface area contributed by atoms with E-state index in [0.717, 1.165) is 5.56 Å². The molecule has 0 aliphatic rings. The summed E-state index contributed by atoms with van der Waals surface area (Å²) in [5.41, 5.74) is 1.04. The van der Waals surface area contributed by atoms with Crippen LogP contribution >= 0.6 is 0 Å². The molecule has 0 bridgehead atoms. The molecular weight excluding hydrogens is 352 g/mol. The van der Waals surface area contributed by atoms with Crippen molar-refractivity contribution in [3.8, 4) is 18.1 Å². The van der Waals surface area contributed by atoms with E-state index in [0.29, 0.717) is 0 Å². The molecular formula is C19H20N2O4S. The van der Waals surface area contributed by atoms with Crippen LogP contribution in [0.2, 0.25) is 0 Å². The molecule has 0 atom stereocenters. The molecule has 0 aliphatic heterocycles. The molecule has 0 saturated carbocycles. The summed E-state index contributed by atoms with van der Waals surface area (Å²) in [6.07, 6.45) is 5.13. The maximum Gasteiger partial charge on any atom is 0.252 e. The predicted octanol–water partition coefficient (Wildman–Crippen LogP) is 1.88. The average molecular weight is 372 g/mol. The van der Waals surface area contributed by atoms with Gasteiger partial charge < -0.3 is 10.1 Å². The van der Waals surface area contributed by atoms with Gasteiger partial charge in [-0.15, -0.1) is 6.42 Å². The minimum atomic E-state index is -3.87. The van der Waals surface area contributed by atoms with Crippen LogP contribution < -0.4 is 10.1 Å². The second kappa shape index (κ2) is 8.52. The van der Waals surface area contributed by atoms with Gasteiger partial charge in [0.1, 0.15) is 10.6 Å². The molecule has 2 aromatic carbocycles. The SMILES string of the molecule is C#CCNC(=O)c1ccc(OC)c(S(=O)(=O)N(C)Cc2ccccc2)c1. The van der Waals surface area contributed by atoms with E-state index in [1.165, 1.54) is 36.7 Å². The molecule has 26 heavy (non-hydrogen) atoms. The highest BCUT2D eigenvalue weighted by molar-refractivity contribution is 7.89. The highest BCUT2D eigenvalue weighted by atomic mass is 32.2. The first-order valence-electron chi connectivity index (χ1n) is 7.80. The lowest BCUT2D eigenvalue weighted by Crippen LogP contribution is -2.28. The van der Waals surface area contributed by atoms with Crippen molar-refractivity contribution in [2.45, 2.75) is 11.4 Å². The molecule has 6 nitrogen and oxygen atoms in total. The van der Waals surface area contributed by atoms with Crippen LogP contribution in [0.3, 0.4) is 0 Å². The lowest BCUT2D eigenvalue weighted by atomic mass is 10.2. The van der Waals surface area contributed by atoms with Gasteiger partial charge in [-0.1, -0.05) is 36.3 Å². The van der Waals surface area contributed by atoms with Gasteiger partial charge in [-0.25, -0.2) is 8.42 Å². The zero-order valence-electron chi connectivity index (χ0n) is 14.6. The second-order valence-corrected chi connectivity index (χ2v) is 7.51. The van der Waals surface area contributed by atoms with Crippen molar-refractivity contribution in [2.24, 2.45) is 0 Å². The maximum absolute atomic E-state index is 13.0. The van der Waals surface area contributed by atoms with Crippen LogP contribution in [0.15, 0.2) is 53.4 Å². The first kappa shape index (κ1) is 19.5. The van der Waals surface area contributed by atoms with Gasteiger partial charge in [0, 0.05) is 19.2 Å². The van der Waals surface area contributed by atoms with Crippen LogP contribution in [-0.2, 0) is 16.6 Å². The number of nitrogens with zero attached hydrogens (tertiary/aromatic N) is 1. The Morgan fingerprint density at radius 3 is 2.54 bits per heavy atom. The van der Waals surface area contributed by atoms with Gasteiger partial charge in [0.2, 0.25) is 10.0 Å². The van der Waals surface area contributed by atoms with E-state index in [4.69, 9.17) is 11.2 Å². The number of benzene rings is 2. The van der Waals surface area contributed by atoms with Crippen LogP contribution in [0, 0.1) is 12.3 Å². The molecule has 0 heterocycles. The molecule has 0 spiro atoms. The quantitative estimate of drug-likeness (QED) is 0.753. The van der Waals surface area contributed by atoms with Crippen molar-refractivity contribution in [1.82, 2.24) is 9.62 Å². The number of hydrogen-bond acceptors (Lipinski definition) is 4. The minimum Gasteiger partial charge on any atom is -0.495 e. The number of carbonyl (C=O) groups is 1. The highest BCUT2D eigenvalue weighted by Crippen LogP contribution is 2.28. The van der Waals surface area contributed by atoms with Gasteiger partial charge in [-0.2, -0.15) is 4.31 Å². The third-order valence-corrected chi connectivity index (χ3v) is 5.54. The van der Waals surface area contributed by atoms with Gasteiger partial charge in [0.05, 0.1) is 13.7 Å².